The van der Waals surface area contributed by atoms with E-state index in [0.717, 1.165) is 5.56 Å². The third kappa shape index (κ3) is 4.90. The summed E-state index contributed by atoms with van der Waals surface area (Å²) in [6.45, 7) is 3.54. The van der Waals surface area contributed by atoms with Gasteiger partial charge in [0.2, 0.25) is 0 Å². The summed E-state index contributed by atoms with van der Waals surface area (Å²) in [5, 5.41) is 2.90. The zero-order valence-electron chi connectivity index (χ0n) is 19.6. The lowest BCUT2D eigenvalue weighted by atomic mass is 10.1. The number of carbonyl (C=O) groups is 1. The van der Waals surface area contributed by atoms with Crippen molar-refractivity contribution in [1.29, 1.82) is 0 Å². The molecule has 0 aliphatic carbocycles. The number of carbonyl (C=O) groups excluding carboxylic acids is 1. The molecule has 1 heterocycles. The summed E-state index contributed by atoms with van der Waals surface area (Å²) in [6.07, 6.45) is 0. The summed E-state index contributed by atoms with van der Waals surface area (Å²) in [4.78, 5) is 25.6. The van der Waals surface area contributed by atoms with E-state index in [9.17, 15) is 18.0 Å². The molecule has 0 fully saturated rings. The van der Waals surface area contributed by atoms with Crippen molar-refractivity contribution >= 4 is 21.6 Å². The Morgan fingerprint density at radius 1 is 0.886 bits per heavy atom. The van der Waals surface area contributed by atoms with Crippen LogP contribution < -0.4 is 15.6 Å². The molecule has 0 bridgehead atoms. The molecule has 8 nitrogen and oxygen atoms in total. The SMILES string of the molecule is Cc1c(NS(=O)(=O)c2ccc(C(=O)N[C@@H](C)c3ccccc3)cc2)c(=O)n(-c2ccccc2)n1C. The van der Waals surface area contributed by atoms with E-state index in [0.29, 0.717) is 16.9 Å². The minimum Gasteiger partial charge on any atom is -0.346 e. The van der Waals surface area contributed by atoms with Crippen molar-refractivity contribution in [3.05, 3.63) is 112 Å². The number of anilines is 1. The summed E-state index contributed by atoms with van der Waals surface area (Å²) in [5.74, 6) is -0.317. The van der Waals surface area contributed by atoms with Crippen LogP contribution >= 0.6 is 0 Å². The largest absolute Gasteiger partial charge is 0.346 e. The highest BCUT2D eigenvalue weighted by Gasteiger charge is 2.23. The van der Waals surface area contributed by atoms with E-state index in [1.54, 1.807) is 42.9 Å². The topological polar surface area (TPSA) is 102 Å². The van der Waals surface area contributed by atoms with Crippen molar-refractivity contribution < 1.29 is 13.2 Å². The van der Waals surface area contributed by atoms with Crippen LogP contribution in [0.5, 0.6) is 0 Å². The lowest BCUT2D eigenvalue weighted by molar-refractivity contribution is 0.0940. The highest BCUT2D eigenvalue weighted by Crippen LogP contribution is 2.20. The molecule has 0 saturated heterocycles. The Balaban J connectivity index is 1.54. The van der Waals surface area contributed by atoms with Gasteiger partial charge in [-0.2, -0.15) is 0 Å². The summed E-state index contributed by atoms with van der Waals surface area (Å²) in [7, 11) is -2.37. The summed E-state index contributed by atoms with van der Waals surface area (Å²) in [6, 6.07) is 23.9. The standard InChI is InChI=1S/C26H26N4O4S/c1-18(20-10-6-4-7-11-20)27-25(31)21-14-16-23(17-15-21)35(33,34)28-24-19(2)29(3)30(26(24)32)22-12-8-5-9-13-22/h4-18,28H,1-3H3,(H,27,31)/t18-/m0/s1. The van der Waals surface area contributed by atoms with Crippen molar-refractivity contribution in [3.8, 4) is 5.69 Å². The number of nitrogens with one attached hydrogen (secondary N) is 2. The van der Waals surface area contributed by atoms with Gasteiger partial charge in [-0.1, -0.05) is 48.5 Å². The van der Waals surface area contributed by atoms with Crippen molar-refractivity contribution in [1.82, 2.24) is 14.7 Å². The lowest BCUT2D eigenvalue weighted by Gasteiger charge is -2.14. The van der Waals surface area contributed by atoms with Crippen molar-refractivity contribution in [3.63, 3.8) is 0 Å². The van der Waals surface area contributed by atoms with E-state index in [4.69, 9.17) is 0 Å². The number of hydrogen-bond donors (Lipinski definition) is 2. The van der Waals surface area contributed by atoms with Crippen LogP contribution in [0.15, 0.2) is 94.6 Å². The first kappa shape index (κ1) is 24.0. The van der Waals surface area contributed by atoms with Crippen molar-refractivity contribution in [2.45, 2.75) is 24.8 Å². The second-order valence-corrected chi connectivity index (χ2v) is 9.85. The normalized spacial score (nSPS) is 12.2. The predicted molar refractivity (Wildman–Crippen MR) is 135 cm³/mol. The van der Waals surface area contributed by atoms with Crippen molar-refractivity contribution in [2.24, 2.45) is 7.05 Å². The van der Waals surface area contributed by atoms with Crippen LogP contribution in [-0.2, 0) is 17.1 Å². The summed E-state index contributed by atoms with van der Waals surface area (Å²) in [5.41, 5.74) is 1.86. The molecular weight excluding hydrogens is 464 g/mol. The van der Waals surface area contributed by atoms with Gasteiger partial charge in [0, 0.05) is 12.6 Å². The molecule has 0 spiro atoms. The first-order chi connectivity index (χ1) is 16.7. The maximum absolute atomic E-state index is 13.0. The van der Waals surface area contributed by atoms with Gasteiger partial charge in [0.15, 0.2) is 0 Å². The van der Waals surface area contributed by atoms with E-state index in [1.165, 1.54) is 28.9 Å². The third-order valence-corrected chi connectivity index (χ3v) is 7.23. The fraction of sp³-hybridized carbons (Fsp3) is 0.154. The van der Waals surface area contributed by atoms with Gasteiger partial charge in [0.1, 0.15) is 5.69 Å². The van der Waals surface area contributed by atoms with E-state index >= 15 is 0 Å². The number of hydrogen-bond acceptors (Lipinski definition) is 4. The summed E-state index contributed by atoms with van der Waals surface area (Å²) >= 11 is 0. The first-order valence-corrected chi connectivity index (χ1v) is 12.5. The van der Waals surface area contributed by atoms with E-state index in [2.05, 4.69) is 10.0 Å². The number of rotatable bonds is 7. The molecule has 2 N–H and O–H groups in total. The van der Waals surface area contributed by atoms with E-state index < -0.39 is 15.6 Å². The first-order valence-electron chi connectivity index (χ1n) is 11.0. The second kappa shape index (κ2) is 9.63. The Morgan fingerprint density at radius 2 is 1.46 bits per heavy atom. The molecule has 0 unspecified atom stereocenters. The average molecular weight is 491 g/mol. The van der Waals surface area contributed by atoms with Gasteiger partial charge in [0.25, 0.3) is 21.5 Å². The molecule has 9 heteroatoms. The average Bonchev–Trinajstić information content (AvgIpc) is 3.07. The van der Waals surface area contributed by atoms with Crippen LogP contribution in [-0.4, -0.2) is 23.7 Å². The number of benzene rings is 3. The Labute approximate surface area is 203 Å². The Kier molecular flexibility index (Phi) is 6.61. The fourth-order valence-corrected chi connectivity index (χ4v) is 4.89. The minimum absolute atomic E-state index is 0.0325. The molecule has 4 aromatic rings. The second-order valence-electron chi connectivity index (χ2n) is 8.17. The number of para-hydroxylation sites is 1. The molecule has 4 rings (SSSR count). The quantitative estimate of drug-likeness (QED) is 0.412. The third-order valence-electron chi connectivity index (χ3n) is 5.86. The molecule has 1 aromatic heterocycles. The van der Waals surface area contributed by atoms with Gasteiger partial charge >= 0.3 is 0 Å². The van der Waals surface area contributed by atoms with E-state index in [1.807, 2.05) is 43.3 Å². The van der Waals surface area contributed by atoms with Gasteiger partial charge in [-0.3, -0.25) is 19.0 Å². The monoisotopic (exact) mass is 490 g/mol. The van der Waals surface area contributed by atoms with Crippen molar-refractivity contribution in [2.75, 3.05) is 4.72 Å². The zero-order valence-corrected chi connectivity index (χ0v) is 20.4. The Morgan fingerprint density at radius 3 is 2.06 bits per heavy atom. The molecular formula is C26H26N4O4S. The minimum atomic E-state index is -4.06. The van der Waals surface area contributed by atoms with Crippen LogP contribution in [0.25, 0.3) is 5.69 Å². The number of sulfonamides is 1. The number of nitrogens with zero attached hydrogens (tertiary/aromatic N) is 2. The van der Waals surface area contributed by atoms with Crippen LogP contribution in [0.2, 0.25) is 0 Å². The molecule has 180 valence electrons. The van der Waals surface area contributed by atoms with Crippen LogP contribution in [0.4, 0.5) is 5.69 Å². The molecule has 0 aliphatic heterocycles. The molecule has 1 amide bonds. The Bertz CT molecular complexity index is 1510. The van der Waals surface area contributed by atoms with Gasteiger partial charge < -0.3 is 5.32 Å². The number of amides is 1. The summed E-state index contributed by atoms with van der Waals surface area (Å²) < 4.78 is 31.5. The molecule has 0 saturated carbocycles. The molecule has 3 aromatic carbocycles. The van der Waals surface area contributed by atoms with E-state index in [-0.39, 0.29) is 22.5 Å². The van der Waals surface area contributed by atoms with Crippen LogP contribution in [0.1, 0.15) is 34.6 Å². The predicted octanol–water partition coefficient (Wildman–Crippen LogP) is 3.78. The van der Waals surface area contributed by atoms with Gasteiger partial charge in [-0.15, -0.1) is 0 Å². The van der Waals surface area contributed by atoms with Gasteiger partial charge in [-0.25, -0.2) is 13.1 Å². The molecule has 0 radical (unpaired) electrons. The maximum Gasteiger partial charge on any atom is 0.296 e. The molecule has 0 aliphatic rings. The van der Waals surface area contributed by atoms with Gasteiger partial charge in [0.05, 0.1) is 22.3 Å². The lowest BCUT2D eigenvalue weighted by Crippen LogP contribution is -2.26. The smallest absolute Gasteiger partial charge is 0.296 e. The molecule has 1 atom stereocenters. The van der Waals surface area contributed by atoms with Gasteiger partial charge in [-0.05, 0) is 55.8 Å². The molecule has 35 heavy (non-hydrogen) atoms. The Hall–Kier alpha value is -4.11. The maximum atomic E-state index is 13.0. The fourth-order valence-electron chi connectivity index (χ4n) is 3.77. The van der Waals surface area contributed by atoms with Crippen LogP contribution in [0.3, 0.4) is 0 Å². The zero-order chi connectivity index (χ0) is 25.2. The number of aromatic nitrogens is 2. The van der Waals surface area contributed by atoms with Crippen LogP contribution in [0, 0.1) is 6.92 Å². The highest BCUT2D eigenvalue weighted by atomic mass is 32.2. The highest BCUT2D eigenvalue weighted by molar-refractivity contribution is 7.92.